The molecule has 0 unspecified atom stereocenters. The second kappa shape index (κ2) is 4.89. The molecule has 0 aliphatic carbocycles. The summed E-state index contributed by atoms with van der Waals surface area (Å²) in [6.45, 7) is 4.04. The molecule has 0 saturated carbocycles. The van der Waals surface area contributed by atoms with Crippen LogP contribution in [0, 0.1) is 0 Å². The van der Waals surface area contributed by atoms with Gasteiger partial charge in [-0.3, -0.25) is 0 Å². The average Bonchev–Trinajstić information content (AvgIpc) is 2.11. The zero-order valence-electron chi connectivity index (χ0n) is 10.2. The number of aromatic nitrogens is 1. The third kappa shape index (κ3) is 5.50. The van der Waals surface area contributed by atoms with Gasteiger partial charge < -0.3 is 11.1 Å². The molecule has 0 fully saturated rings. The third-order valence-corrected chi connectivity index (χ3v) is 2.90. The van der Waals surface area contributed by atoms with E-state index in [0.29, 0.717) is 12.4 Å². The van der Waals surface area contributed by atoms with Crippen LogP contribution in [0.1, 0.15) is 13.8 Å². The highest BCUT2D eigenvalue weighted by Crippen LogP contribution is 2.11. The number of hydrogen-bond acceptors (Lipinski definition) is 5. The number of nitrogens with one attached hydrogen (secondary N) is 2. The normalized spacial score (nSPS) is 12.4. The number of hydrogen-bond donors (Lipinski definition) is 3. The van der Waals surface area contributed by atoms with Crippen LogP contribution in [0.3, 0.4) is 0 Å². The predicted molar refractivity (Wildman–Crippen MR) is 69.2 cm³/mol. The summed E-state index contributed by atoms with van der Waals surface area (Å²) >= 11 is 0. The Morgan fingerprint density at radius 2 is 2.12 bits per heavy atom. The smallest absolute Gasteiger partial charge is 0.209 e. The van der Waals surface area contributed by atoms with Gasteiger partial charge in [-0.25, -0.2) is 18.1 Å². The maximum Gasteiger partial charge on any atom is 0.209 e. The molecular formula is C10H18N4O2S. The van der Waals surface area contributed by atoms with Crippen LogP contribution in [-0.2, 0) is 10.0 Å². The molecule has 17 heavy (non-hydrogen) atoms. The van der Waals surface area contributed by atoms with Crippen molar-refractivity contribution in [3.63, 3.8) is 0 Å². The highest BCUT2D eigenvalue weighted by Gasteiger charge is 2.21. The van der Waals surface area contributed by atoms with Gasteiger partial charge in [0.15, 0.2) is 0 Å². The van der Waals surface area contributed by atoms with Crippen molar-refractivity contribution < 1.29 is 8.42 Å². The molecule has 0 aromatic carbocycles. The van der Waals surface area contributed by atoms with Gasteiger partial charge in [-0.1, -0.05) is 0 Å². The summed E-state index contributed by atoms with van der Waals surface area (Å²) < 4.78 is 24.8. The second-order valence-electron chi connectivity index (χ2n) is 4.58. The lowest BCUT2D eigenvalue weighted by Crippen LogP contribution is -2.47. The Bertz CT molecular complexity index is 485. The topological polar surface area (TPSA) is 97.1 Å². The summed E-state index contributed by atoms with van der Waals surface area (Å²) in [6, 6.07) is 3.46. The van der Waals surface area contributed by atoms with E-state index < -0.39 is 15.6 Å². The fraction of sp³-hybridized carbons (Fsp3) is 0.500. The molecule has 6 nitrogen and oxygen atoms in total. The Morgan fingerprint density at radius 1 is 1.47 bits per heavy atom. The minimum atomic E-state index is -3.22. The number of nitrogens with zero attached hydrogens (tertiary/aromatic N) is 1. The monoisotopic (exact) mass is 258 g/mol. The molecule has 0 atom stereocenters. The molecule has 0 aliphatic rings. The lowest BCUT2D eigenvalue weighted by molar-refractivity contribution is 0.476. The first-order chi connectivity index (χ1) is 7.68. The SMILES string of the molecule is CC(C)(CNc1ccnc(N)c1)NS(C)(=O)=O. The van der Waals surface area contributed by atoms with E-state index in [2.05, 4.69) is 15.0 Å². The molecule has 96 valence electrons. The van der Waals surface area contributed by atoms with Gasteiger partial charge in [0.25, 0.3) is 0 Å². The summed E-state index contributed by atoms with van der Waals surface area (Å²) in [6.07, 6.45) is 2.73. The zero-order valence-corrected chi connectivity index (χ0v) is 11.0. The van der Waals surface area contributed by atoms with Crippen molar-refractivity contribution in [1.29, 1.82) is 0 Å². The molecule has 1 aromatic rings. The number of nitrogens with two attached hydrogens (primary N) is 1. The molecule has 0 spiro atoms. The number of nitrogen functional groups attached to an aromatic ring is 1. The largest absolute Gasteiger partial charge is 0.384 e. The minimum absolute atomic E-state index is 0.420. The number of anilines is 2. The van der Waals surface area contributed by atoms with Crippen molar-refractivity contribution in [1.82, 2.24) is 9.71 Å². The van der Waals surface area contributed by atoms with Gasteiger partial charge in [-0.2, -0.15) is 0 Å². The van der Waals surface area contributed by atoms with Crippen LogP contribution in [0.25, 0.3) is 0 Å². The lowest BCUT2D eigenvalue weighted by Gasteiger charge is -2.25. The summed E-state index contributed by atoms with van der Waals surface area (Å²) in [5, 5.41) is 3.10. The lowest BCUT2D eigenvalue weighted by atomic mass is 10.1. The molecular weight excluding hydrogens is 240 g/mol. The van der Waals surface area contributed by atoms with Gasteiger partial charge >= 0.3 is 0 Å². The van der Waals surface area contributed by atoms with Gasteiger partial charge in [0, 0.05) is 30.0 Å². The maximum atomic E-state index is 11.1. The van der Waals surface area contributed by atoms with Crippen LogP contribution in [0.5, 0.6) is 0 Å². The molecule has 1 rings (SSSR count). The van der Waals surface area contributed by atoms with E-state index in [4.69, 9.17) is 5.73 Å². The van der Waals surface area contributed by atoms with E-state index in [9.17, 15) is 8.42 Å². The summed E-state index contributed by atoms with van der Waals surface area (Å²) in [5.74, 6) is 0.420. The Hall–Kier alpha value is -1.34. The number of sulfonamides is 1. The minimum Gasteiger partial charge on any atom is -0.384 e. The van der Waals surface area contributed by atoms with Gasteiger partial charge in [-0.15, -0.1) is 0 Å². The molecule has 1 heterocycles. The summed E-state index contributed by atoms with van der Waals surface area (Å²) in [5.41, 5.74) is 5.77. The molecule has 0 bridgehead atoms. The maximum absolute atomic E-state index is 11.1. The van der Waals surface area contributed by atoms with Crippen molar-refractivity contribution in [2.45, 2.75) is 19.4 Å². The van der Waals surface area contributed by atoms with Gasteiger partial charge in [0.1, 0.15) is 5.82 Å². The molecule has 0 radical (unpaired) electrons. The molecule has 7 heteroatoms. The number of pyridine rings is 1. The Labute approximate surface area is 102 Å². The highest BCUT2D eigenvalue weighted by molar-refractivity contribution is 7.88. The van der Waals surface area contributed by atoms with Gasteiger partial charge in [0.2, 0.25) is 10.0 Å². The first-order valence-electron chi connectivity index (χ1n) is 5.12. The van der Waals surface area contributed by atoms with Crippen LogP contribution in [0.4, 0.5) is 11.5 Å². The van der Waals surface area contributed by atoms with Gasteiger partial charge in [0.05, 0.1) is 6.26 Å². The quantitative estimate of drug-likeness (QED) is 0.710. The van der Waals surface area contributed by atoms with Crippen molar-refractivity contribution in [3.8, 4) is 0 Å². The second-order valence-corrected chi connectivity index (χ2v) is 6.33. The summed E-state index contributed by atoms with van der Waals surface area (Å²) in [4.78, 5) is 3.87. The Morgan fingerprint density at radius 3 is 2.65 bits per heavy atom. The fourth-order valence-corrected chi connectivity index (χ4v) is 2.50. The van der Waals surface area contributed by atoms with E-state index in [1.807, 2.05) is 0 Å². The predicted octanol–water partition coefficient (Wildman–Crippen LogP) is 0.404. The van der Waals surface area contributed by atoms with E-state index >= 15 is 0 Å². The van der Waals surface area contributed by atoms with E-state index in [1.165, 1.54) is 0 Å². The molecule has 4 N–H and O–H groups in total. The van der Waals surface area contributed by atoms with Crippen molar-refractivity contribution >= 4 is 21.5 Å². The Balaban J connectivity index is 2.61. The van der Waals surface area contributed by atoms with Gasteiger partial charge in [-0.05, 0) is 19.9 Å². The van der Waals surface area contributed by atoms with Crippen molar-refractivity contribution in [2.24, 2.45) is 0 Å². The molecule has 1 aromatic heterocycles. The molecule has 0 saturated heterocycles. The molecule has 0 amide bonds. The van der Waals surface area contributed by atoms with Crippen molar-refractivity contribution in [3.05, 3.63) is 18.3 Å². The molecule has 0 aliphatic heterocycles. The van der Waals surface area contributed by atoms with E-state index in [-0.39, 0.29) is 0 Å². The van der Waals surface area contributed by atoms with Crippen LogP contribution in [0.2, 0.25) is 0 Å². The third-order valence-electron chi connectivity index (χ3n) is 1.98. The van der Waals surface area contributed by atoms with E-state index in [0.717, 1.165) is 11.9 Å². The Kier molecular flexibility index (Phi) is 3.94. The first kappa shape index (κ1) is 13.7. The van der Waals surface area contributed by atoms with Crippen LogP contribution >= 0.6 is 0 Å². The van der Waals surface area contributed by atoms with Crippen LogP contribution in [-0.4, -0.2) is 31.7 Å². The average molecular weight is 258 g/mol. The first-order valence-corrected chi connectivity index (χ1v) is 7.01. The highest BCUT2D eigenvalue weighted by atomic mass is 32.2. The zero-order chi connectivity index (χ0) is 13.1. The van der Waals surface area contributed by atoms with Crippen LogP contribution in [0.15, 0.2) is 18.3 Å². The number of rotatable bonds is 5. The standard InChI is InChI=1S/C10H18N4O2S/c1-10(2,14-17(3,15)16)7-13-8-4-5-12-9(11)6-8/h4-6,14H,7H2,1-3H3,(H3,11,12,13). The fourth-order valence-electron chi connectivity index (χ4n) is 1.42. The van der Waals surface area contributed by atoms with Crippen LogP contribution < -0.4 is 15.8 Å². The van der Waals surface area contributed by atoms with E-state index in [1.54, 1.807) is 32.2 Å². The summed E-state index contributed by atoms with van der Waals surface area (Å²) in [7, 11) is -3.22. The van der Waals surface area contributed by atoms with Crippen molar-refractivity contribution in [2.75, 3.05) is 23.9 Å².